The molecule has 0 amide bonds. The van der Waals surface area contributed by atoms with Crippen molar-refractivity contribution >= 4 is 45.1 Å². The average Bonchev–Trinajstić information content (AvgIpc) is 3.35. The summed E-state index contributed by atoms with van der Waals surface area (Å²) in [7, 11) is 0. The number of nitrogens with one attached hydrogen (secondary N) is 2. The number of para-hydroxylation sites is 3. The summed E-state index contributed by atoms with van der Waals surface area (Å²) in [4.78, 5) is 8.04. The highest BCUT2D eigenvalue weighted by Crippen LogP contribution is 2.28. The minimum atomic E-state index is 0.637. The first-order chi connectivity index (χ1) is 15.2. The van der Waals surface area contributed by atoms with Gasteiger partial charge in [0.2, 0.25) is 0 Å². The van der Waals surface area contributed by atoms with Crippen LogP contribution in [-0.4, -0.2) is 21.1 Å². The summed E-state index contributed by atoms with van der Waals surface area (Å²) >= 11 is 12.8. The molecule has 0 fully saturated rings. The number of hydrogen-bond acceptors (Lipinski definition) is 2. The quantitative estimate of drug-likeness (QED) is 0.291. The molecule has 156 valence electrons. The second-order valence-electron chi connectivity index (χ2n) is 7.63. The van der Waals surface area contributed by atoms with E-state index in [-0.39, 0.29) is 0 Å². The number of aromatic amines is 1. The van der Waals surface area contributed by atoms with Crippen LogP contribution in [-0.2, 0) is 19.5 Å². The molecule has 4 nitrogen and oxygen atoms in total. The number of aromatic nitrogens is 3. The molecule has 0 spiro atoms. The first-order valence-electron chi connectivity index (χ1n) is 10.3. The highest BCUT2D eigenvalue weighted by molar-refractivity contribution is 6.36. The maximum atomic E-state index is 6.41. The van der Waals surface area contributed by atoms with Crippen LogP contribution in [0.5, 0.6) is 0 Å². The van der Waals surface area contributed by atoms with Gasteiger partial charge >= 0.3 is 0 Å². The second kappa shape index (κ2) is 8.75. The lowest BCUT2D eigenvalue weighted by Gasteiger charge is -2.09. The molecule has 0 atom stereocenters. The van der Waals surface area contributed by atoms with Gasteiger partial charge in [0.1, 0.15) is 5.82 Å². The molecular formula is C25H22Cl2N4. The van der Waals surface area contributed by atoms with E-state index in [2.05, 4.69) is 56.4 Å². The first-order valence-corrected chi connectivity index (χ1v) is 11.1. The van der Waals surface area contributed by atoms with Crippen LogP contribution in [0.4, 0.5) is 0 Å². The lowest BCUT2D eigenvalue weighted by molar-refractivity contribution is 0.674. The van der Waals surface area contributed by atoms with Gasteiger partial charge in [-0.15, -0.1) is 0 Å². The predicted octanol–water partition coefficient (Wildman–Crippen LogP) is 6.21. The van der Waals surface area contributed by atoms with E-state index in [9.17, 15) is 0 Å². The van der Waals surface area contributed by atoms with Crippen molar-refractivity contribution in [2.45, 2.75) is 19.5 Å². The molecule has 3 aromatic carbocycles. The van der Waals surface area contributed by atoms with Crippen LogP contribution in [0.25, 0.3) is 21.9 Å². The lowest BCUT2D eigenvalue weighted by atomic mass is 10.2. The third-order valence-electron chi connectivity index (χ3n) is 5.55. The van der Waals surface area contributed by atoms with Gasteiger partial charge in [-0.05, 0) is 35.9 Å². The molecule has 0 aliphatic rings. The van der Waals surface area contributed by atoms with Gasteiger partial charge in [0, 0.05) is 52.2 Å². The Balaban J connectivity index is 1.31. The molecule has 2 N–H and O–H groups in total. The number of H-pyrrole nitrogens is 1. The summed E-state index contributed by atoms with van der Waals surface area (Å²) in [5.74, 6) is 1.00. The Bertz CT molecular complexity index is 1300. The zero-order chi connectivity index (χ0) is 21.2. The van der Waals surface area contributed by atoms with Crippen molar-refractivity contribution in [3.05, 3.63) is 99.9 Å². The molecule has 2 aromatic heterocycles. The number of imidazole rings is 1. The Morgan fingerprint density at radius 3 is 2.52 bits per heavy atom. The number of rotatable bonds is 7. The highest BCUT2D eigenvalue weighted by Gasteiger charge is 2.12. The predicted molar refractivity (Wildman–Crippen MR) is 129 cm³/mol. The molecule has 0 saturated heterocycles. The second-order valence-corrected chi connectivity index (χ2v) is 8.44. The van der Waals surface area contributed by atoms with Gasteiger partial charge in [-0.1, -0.05) is 59.6 Å². The van der Waals surface area contributed by atoms with Gasteiger partial charge in [-0.3, -0.25) is 0 Å². The van der Waals surface area contributed by atoms with Crippen LogP contribution in [0, 0.1) is 0 Å². The van der Waals surface area contributed by atoms with E-state index in [1.165, 1.54) is 16.5 Å². The maximum absolute atomic E-state index is 6.41. The van der Waals surface area contributed by atoms with E-state index in [0.717, 1.165) is 41.9 Å². The molecule has 0 saturated carbocycles. The van der Waals surface area contributed by atoms with E-state index in [4.69, 9.17) is 23.2 Å². The Kier molecular flexibility index (Phi) is 5.68. The minimum Gasteiger partial charge on any atom is -0.343 e. The zero-order valence-electron chi connectivity index (χ0n) is 16.9. The highest BCUT2D eigenvalue weighted by atomic mass is 35.5. The number of benzene rings is 3. The molecule has 5 aromatic rings. The Morgan fingerprint density at radius 1 is 0.903 bits per heavy atom. The topological polar surface area (TPSA) is 45.6 Å². The zero-order valence-corrected chi connectivity index (χ0v) is 18.4. The number of fused-ring (bicyclic) bond motifs is 2. The van der Waals surface area contributed by atoms with Crippen LogP contribution in [0.1, 0.15) is 17.0 Å². The molecule has 0 unspecified atom stereocenters. The Labute approximate surface area is 190 Å². The van der Waals surface area contributed by atoms with E-state index in [0.29, 0.717) is 16.6 Å². The van der Waals surface area contributed by atoms with Gasteiger partial charge in [0.25, 0.3) is 0 Å². The Hall–Kier alpha value is -2.79. The van der Waals surface area contributed by atoms with Crippen LogP contribution in [0.2, 0.25) is 10.0 Å². The molecule has 0 aliphatic heterocycles. The van der Waals surface area contributed by atoms with Crippen molar-refractivity contribution in [3.8, 4) is 0 Å². The third kappa shape index (κ3) is 4.19. The average molecular weight is 449 g/mol. The van der Waals surface area contributed by atoms with Gasteiger partial charge in [-0.2, -0.15) is 0 Å². The fraction of sp³-hybridized carbons (Fsp3) is 0.160. The first kappa shape index (κ1) is 20.1. The minimum absolute atomic E-state index is 0.637. The summed E-state index contributed by atoms with van der Waals surface area (Å²) in [5, 5.41) is 6.18. The van der Waals surface area contributed by atoms with Crippen molar-refractivity contribution in [2.24, 2.45) is 0 Å². The van der Waals surface area contributed by atoms with Crippen LogP contribution < -0.4 is 5.32 Å². The normalized spacial score (nSPS) is 11.5. The summed E-state index contributed by atoms with van der Waals surface area (Å²) in [6.07, 6.45) is 3.04. The van der Waals surface area contributed by atoms with E-state index < -0.39 is 0 Å². The van der Waals surface area contributed by atoms with Gasteiger partial charge in [-0.25, -0.2) is 4.98 Å². The fourth-order valence-electron chi connectivity index (χ4n) is 4.00. The molecule has 2 heterocycles. The fourth-order valence-corrected chi connectivity index (χ4v) is 4.52. The van der Waals surface area contributed by atoms with Crippen molar-refractivity contribution in [3.63, 3.8) is 0 Å². The molecular weight excluding hydrogens is 427 g/mol. The van der Waals surface area contributed by atoms with Crippen molar-refractivity contribution < 1.29 is 0 Å². The molecule has 0 aliphatic carbocycles. The molecule has 5 rings (SSSR count). The van der Waals surface area contributed by atoms with Gasteiger partial charge in [0.05, 0.1) is 17.6 Å². The molecule has 0 bridgehead atoms. The van der Waals surface area contributed by atoms with Gasteiger partial charge in [0.15, 0.2) is 0 Å². The summed E-state index contributed by atoms with van der Waals surface area (Å²) in [5.41, 5.74) is 5.46. The van der Waals surface area contributed by atoms with E-state index >= 15 is 0 Å². The largest absolute Gasteiger partial charge is 0.343 e. The lowest BCUT2D eigenvalue weighted by Crippen LogP contribution is -2.17. The maximum Gasteiger partial charge on any atom is 0.108 e. The summed E-state index contributed by atoms with van der Waals surface area (Å²) < 4.78 is 2.22. The van der Waals surface area contributed by atoms with Crippen molar-refractivity contribution in [1.82, 2.24) is 19.9 Å². The van der Waals surface area contributed by atoms with Crippen molar-refractivity contribution in [2.75, 3.05) is 6.54 Å². The monoisotopic (exact) mass is 448 g/mol. The van der Waals surface area contributed by atoms with Crippen LogP contribution in [0.15, 0.2) is 72.9 Å². The number of nitrogens with zero attached hydrogens (tertiary/aromatic N) is 2. The SMILES string of the molecule is Clc1cccc(Cl)c1Cn1cc(CNCCc2nc3ccccc3[nH]2)c2ccccc21. The molecule has 0 radical (unpaired) electrons. The number of halogens is 2. The number of hydrogen-bond donors (Lipinski definition) is 2. The van der Waals surface area contributed by atoms with E-state index in [1.807, 2.05) is 36.4 Å². The third-order valence-corrected chi connectivity index (χ3v) is 6.26. The van der Waals surface area contributed by atoms with Crippen molar-refractivity contribution in [1.29, 1.82) is 0 Å². The van der Waals surface area contributed by atoms with Crippen LogP contribution >= 0.6 is 23.2 Å². The molecule has 6 heteroatoms. The Morgan fingerprint density at radius 2 is 1.68 bits per heavy atom. The van der Waals surface area contributed by atoms with E-state index in [1.54, 1.807) is 0 Å². The van der Waals surface area contributed by atoms with Gasteiger partial charge < -0.3 is 14.9 Å². The standard InChI is InChI=1S/C25H22Cl2N4/c26-20-7-5-8-21(27)19(20)16-31-15-17(18-6-1-4-11-24(18)31)14-28-13-12-25-29-22-9-2-3-10-23(22)30-25/h1-11,15,28H,12-14,16H2,(H,29,30). The smallest absolute Gasteiger partial charge is 0.108 e. The summed E-state index contributed by atoms with van der Waals surface area (Å²) in [6, 6.07) is 22.2. The van der Waals surface area contributed by atoms with Crippen LogP contribution in [0.3, 0.4) is 0 Å². The molecule has 31 heavy (non-hydrogen) atoms. The summed E-state index contributed by atoms with van der Waals surface area (Å²) in [6.45, 7) is 2.26.